The van der Waals surface area contributed by atoms with Crippen LogP contribution >= 0.6 is 0 Å². The van der Waals surface area contributed by atoms with Crippen LogP contribution in [0.25, 0.3) is 0 Å². The van der Waals surface area contributed by atoms with Crippen molar-refractivity contribution in [3.05, 3.63) is 48.0 Å². The van der Waals surface area contributed by atoms with Crippen LogP contribution in [0, 0.1) is 6.92 Å². The van der Waals surface area contributed by atoms with Gasteiger partial charge in [-0.05, 0) is 6.92 Å². The molecule has 0 bridgehead atoms. The molecular weight excluding hydrogens is 214 g/mol. The van der Waals surface area contributed by atoms with E-state index in [1.807, 2.05) is 19.1 Å². The molecule has 90 valence electrons. The summed E-state index contributed by atoms with van der Waals surface area (Å²) in [5, 5.41) is 2.64. The van der Waals surface area contributed by atoms with Gasteiger partial charge in [-0.25, -0.2) is 0 Å². The Kier molecular flexibility index (Phi) is 5.14. The largest absolute Gasteiger partial charge is 0.353 e. The molecule has 1 amide bonds. The van der Waals surface area contributed by atoms with E-state index in [0.29, 0.717) is 12.1 Å². The van der Waals surface area contributed by atoms with Crippen LogP contribution in [0.5, 0.6) is 0 Å². The highest BCUT2D eigenvalue weighted by Crippen LogP contribution is 2.07. The Morgan fingerprint density at radius 1 is 1.24 bits per heavy atom. The van der Waals surface area contributed by atoms with Gasteiger partial charge in [0, 0.05) is 24.9 Å². The van der Waals surface area contributed by atoms with Gasteiger partial charge >= 0.3 is 0 Å². The van der Waals surface area contributed by atoms with Crippen molar-refractivity contribution in [3.8, 4) is 0 Å². The van der Waals surface area contributed by atoms with E-state index in [2.05, 4.69) is 11.9 Å². The second-order valence-electron chi connectivity index (χ2n) is 3.88. The highest BCUT2D eigenvalue weighted by molar-refractivity contribution is 5.97. The number of benzene rings is 1. The lowest BCUT2D eigenvalue weighted by molar-refractivity contribution is -0.120. The van der Waals surface area contributed by atoms with Crippen molar-refractivity contribution in [2.24, 2.45) is 0 Å². The van der Waals surface area contributed by atoms with Gasteiger partial charge in [0.15, 0.2) is 5.78 Å². The first-order chi connectivity index (χ1) is 8.13. The number of hydrogen-bond donors (Lipinski definition) is 1. The van der Waals surface area contributed by atoms with Crippen LogP contribution in [-0.2, 0) is 4.79 Å². The van der Waals surface area contributed by atoms with Gasteiger partial charge in [0.05, 0.1) is 0 Å². The summed E-state index contributed by atoms with van der Waals surface area (Å²) in [6, 6.07) is 7.37. The van der Waals surface area contributed by atoms with Crippen molar-refractivity contribution in [2.45, 2.75) is 19.8 Å². The highest BCUT2D eigenvalue weighted by Gasteiger charge is 2.08. The van der Waals surface area contributed by atoms with E-state index >= 15 is 0 Å². The van der Waals surface area contributed by atoms with Crippen LogP contribution in [0.3, 0.4) is 0 Å². The first-order valence-electron chi connectivity index (χ1n) is 5.61. The molecule has 17 heavy (non-hydrogen) atoms. The summed E-state index contributed by atoms with van der Waals surface area (Å²) in [5.74, 6) is -0.121. The van der Waals surface area contributed by atoms with Gasteiger partial charge in [0.25, 0.3) is 0 Å². The molecule has 0 aliphatic carbocycles. The van der Waals surface area contributed by atoms with Gasteiger partial charge in [-0.3, -0.25) is 9.59 Å². The standard InChI is InChI=1S/C14H17NO2/c1-3-10-15-14(17)9-8-13(16)12-6-4-11(2)5-7-12/h3-7H,1,8-10H2,2H3,(H,15,17). The van der Waals surface area contributed by atoms with Gasteiger partial charge < -0.3 is 5.32 Å². The van der Waals surface area contributed by atoms with E-state index in [1.165, 1.54) is 0 Å². The Balaban J connectivity index is 2.42. The molecule has 0 saturated carbocycles. The third kappa shape index (κ3) is 4.64. The lowest BCUT2D eigenvalue weighted by Crippen LogP contribution is -2.23. The maximum Gasteiger partial charge on any atom is 0.220 e. The smallest absolute Gasteiger partial charge is 0.220 e. The van der Waals surface area contributed by atoms with E-state index < -0.39 is 0 Å². The van der Waals surface area contributed by atoms with Crippen molar-refractivity contribution in [1.29, 1.82) is 0 Å². The summed E-state index contributed by atoms with van der Waals surface area (Å²) in [7, 11) is 0. The molecule has 1 aromatic carbocycles. The first-order valence-corrected chi connectivity index (χ1v) is 5.61. The van der Waals surface area contributed by atoms with E-state index in [-0.39, 0.29) is 24.5 Å². The lowest BCUT2D eigenvalue weighted by atomic mass is 10.1. The predicted molar refractivity (Wildman–Crippen MR) is 68.0 cm³/mol. The van der Waals surface area contributed by atoms with Crippen molar-refractivity contribution in [1.82, 2.24) is 5.32 Å². The fourth-order valence-corrected chi connectivity index (χ4v) is 1.39. The Hall–Kier alpha value is -1.90. The molecule has 0 atom stereocenters. The first kappa shape index (κ1) is 13.2. The van der Waals surface area contributed by atoms with Gasteiger partial charge in [0.2, 0.25) is 5.91 Å². The van der Waals surface area contributed by atoms with E-state index in [4.69, 9.17) is 0 Å². The quantitative estimate of drug-likeness (QED) is 0.603. The molecule has 1 rings (SSSR count). The highest BCUT2D eigenvalue weighted by atomic mass is 16.2. The van der Waals surface area contributed by atoms with Crippen molar-refractivity contribution in [3.63, 3.8) is 0 Å². The van der Waals surface area contributed by atoms with Crippen LogP contribution in [0.2, 0.25) is 0 Å². The molecule has 0 aliphatic rings. The normalized spacial score (nSPS) is 9.71. The maximum absolute atomic E-state index is 11.7. The number of hydrogen-bond acceptors (Lipinski definition) is 2. The summed E-state index contributed by atoms with van der Waals surface area (Å²) in [4.78, 5) is 23.0. The summed E-state index contributed by atoms with van der Waals surface area (Å²) >= 11 is 0. The number of Topliss-reactive ketones (excluding diaryl/α,β-unsaturated/α-hetero) is 1. The fraction of sp³-hybridized carbons (Fsp3) is 0.286. The Bertz CT molecular complexity index is 407. The molecule has 0 spiro atoms. The van der Waals surface area contributed by atoms with Crippen LogP contribution in [0.4, 0.5) is 0 Å². The van der Waals surface area contributed by atoms with Crippen molar-refractivity contribution >= 4 is 11.7 Å². The predicted octanol–water partition coefficient (Wildman–Crippen LogP) is 2.26. The zero-order valence-corrected chi connectivity index (χ0v) is 10.0. The third-order valence-corrected chi connectivity index (χ3v) is 2.40. The number of aryl methyl sites for hydroxylation is 1. The van der Waals surface area contributed by atoms with Crippen LogP contribution < -0.4 is 5.32 Å². The SMILES string of the molecule is C=CCNC(=O)CCC(=O)c1ccc(C)cc1. The van der Waals surface area contributed by atoms with E-state index in [9.17, 15) is 9.59 Å². The number of amides is 1. The molecular formula is C14H17NO2. The van der Waals surface area contributed by atoms with Crippen LogP contribution in [-0.4, -0.2) is 18.2 Å². The Morgan fingerprint density at radius 3 is 2.47 bits per heavy atom. The van der Waals surface area contributed by atoms with Gasteiger partial charge in [-0.2, -0.15) is 0 Å². The monoisotopic (exact) mass is 231 g/mol. The van der Waals surface area contributed by atoms with Crippen LogP contribution in [0.15, 0.2) is 36.9 Å². The zero-order valence-electron chi connectivity index (χ0n) is 10.0. The topological polar surface area (TPSA) is 46.2 Å². The zero-order chi connectivity index (χ0) is 12.7. The number of ketones is 1. The molecule has 3 nitrogen and oxygen atoms in total. The average Bonchev–Trinajstić information content (AvgIpc) is 2.34. The molecule has 1 N–H and O–H groups in total. The Labute approximate surface area is 102 Å². The fourth-order valence-electron chi connectivity index (χ4n) is 1.39. The van der Waals surface area contributed by atoms with E-state index in [1.54, 1.807) is 18.2 Å². The minimum absolute atomic E-state index is 0.00115. The second kappa shape index (κ2) is 6.63. The lowest BCUT2D eigenvalue weighted by Gasteiger charge is -2.02. The maximum atomic E-state index is 11.7. The number of nitrogens with one attached hydrogen (secondary N) is 1. The molecule has 3 heteroatoms. The number of carbonyl (C=O) groups excluding carboxylic acids is 2. The summed E-state index contributed by atoms with van der Waals surface area (Å²) in [6.45, 7) is 5.91. The molecule has 0 fully saturated rings. The van der Waals surface area contributed by atoms with Gasteiger partial charge in [-0.1, -0.05) is 35.9 Å². The average molecular weight is 231 g/mol. The minimum Gasteiger partial charge on any atom is -0.353 e. The third-order valence-electron chi connectivity index (χ3n) is 2.40. The summed E-state index contributed by atoms with van der Waals surface area (Å²) in [6.07, 6.45) is 2.08. The molecule has 0 heterocycles. The molecule has 0 radical (unpaired) electrons. The number of carbonyl (C=O) groups is 2. The number of rotatable bonds is 6. The molecule has 1 aromatic rings. The second-order valence-corrected chi connectivity index (χ2v) is 3.88. The van der Waals surface area contributed by atoms with Crippen LogP contribution in [0.1, 0.15) is 28.8 Å². The minimum atomic E-state index is -0.120. The molecule has 0 saturated heterocycles. The van der Waals surface area contributed by atoms with Crippen molar-refractivity contribution in [2.75, 3.05) is 6.54 Å². The van der Waals surface area contributed by atoms with E-state index in [0.717, 1.165) is 5.56 Å². The van der Waals surface area contributed by atoms with Crippen molar-refractivity contribution < 1.29 is 9.59 Å². The molecule has 0 aliphatic heterocycles. The Morgan fingerprint density at radius 2 is 1.88 bits per heavy atom. The van der Waals surface area contributed by atoms with Gasteiger partial charge in [-0.15, -0.1) is 6.58 Å². The van der Waals surface area contributed by atoms with Gasteiger partial charge in [0.1, 0.15) is 0 Å². The molecule has 0 unspecified atom stereocenters. The molecule has 0 aromatic heterocycles. The summed E-state index contributed by atoms with van der Waals surface area (Å²) in [5.41, 5.74) is 1.78. The summed E-state index contributed by atoms with van der Waals surface area (Å²) < 4.78 is 0.